The molecule has 1 aromatic rings. The molecule has 2 aliphatic rings. The number of aromatic nitrogens is 2. The third kappa shape index (κ3) is 3.97. The van der Waals surface area contributed by atoms with Crippen LogP contribution in [0.4, 0.5) is 10.5 Å². The third-order valence-corrected chi connectivity index (χ3v) is 3.93. The standard InChI is InChI=1S/C14H22N6O2/c1-18-9-12(8-15-18)17-14(22)20-6-4-19(5-7-20)10-13(21)16-11-2-3-11/h8-9,11H,2-7,10H2,1H3,(H,16,21)(H,17,22). The minimum absolute atomic E-state index is 0.0933. The van der Waals surface area contributed by atoms with Gasteiger partial charge >= 0.3 is 6.03 Å². The van der Waals surface area contributed by atoms with Gasteiger partial charge in [0.15, 0.2) is 0 Å². The minimum atomic E-state index is -0.116. The van der Waals surface area contributed by atoms with Crippen LogP contribution in [0.15, 0.2) is 12.4 Å². The Balaban J connectivity index is 1.40. The zero-order chi connectivity index (χ0) is 15.5. The summed E-state index contributed by atoms with van der Waals surface area (Å²) in [6.45, 7) is 3.12. The molecular formula is C14H22N6O2. The smallest absolute Gasteiger partial charge is 0.322 e. The quantitative estimate of drug-likeness (QED) is 0.810. The predicted octanol–water partition coefficient (Wildman–Crippen LogP) is -0.152. The number of carbonyl (C=O) groups excluding carboxylic acids is 2. The monoisotopic (exact) mass is 306 g/mol. The molecule has 2 heterocycles. The first-order valence-corrected chi connectivity index (χ1v) is 7.66. The highest BCUT2D eigenvalue weighted by molar-refractivity contribution is 5.89. The topological polar surface area (TPSA) is 82.5 Å². The fraction of sp³-hybridized carbons (Fsp3) is 0.643. The summed E-state index contributed by atoms with van der Waals surface area (Å²) < 4.78 is 1.64. The molecule has 0 spiro atoms. The Hall–Kier alpha value is -2.09. The fourth-order valence-electron chi connectivity index (χ4n) is 2.50. The summed E-state index contributed by atoms with van der Waals surface area (Å²) in [6, 6.07) is 0.286. The number of carbonyl (C=O) groups is 2. The van der Waals surface area contributed by atoms with Gasteiger partial charge in [-0.15, -0.1) is 0 Å². The number of hydrogen-bond donors (Lipinski definition) is 2. The average Bonchev–Trinajstić information content (AvgIpc) is 3.20. The number of anilines is 1. The molecule has 1 aromatic heterocycles. The Morgan fingerprint density at radius 2 is 2.00 bits per heavy atom. The van der Waals surface area contributed by atoms with Crippen molar-refractivity contribution in [1.29, 1.82) is 0 Å². The van der Waals surface area contributed by atoms with Crippen LogP contribution in [0.3, 0.4) is 0 Å². The molecule has 2 N–H and O–H groups in total. The summed E-state index contributed by atoms with van der Waals surface area (Å²) in [5.74, 6) is 0.0933. The average molecular weight is 306 g/mol. The van der Waals surface area contributed by atoms with E-state index in [1.807, 2.05) is 0 Å². The van der Waals surface area contributed by atoms with Crippen molar-refractivity contribution in [2.45, 2.75) is 18.9 Å². The van der Waals surface area contributed by atoms with Crippen LogP contribution in [0, 0.1) is 0 Å². The molecule has 1 saturated carbocycles. The molecule has 1 aliphatic carbocycles. The summed E-state index contributed by atoms with van der Waals surface area (Å²) in [4.78, 5) is 27.8. The van der Waals surface area contributed by atoms with Gasteiger partial charge in [-0.05, 0) is 12.8 Å². The summed E-state index contributed by atoms with van der Waals surface area (Å²) in [5, 5.41) is 9.83. The van der Waals surface area contributed by atoms with E-state index in [0.717, 1.165) is 25.9 Å². The Morgan fingerprint density at radius 1 is 1.27 bits per heavy atom. The van der Waals surface area contributed by atoms with Crippen LogP contribution >= 0.6 is 0 Å². The van der Waals surface area contributed by atoms with Crippen LogP contribution in [-0.2, 0) is 11.8 Å². The maximum atomic E-state index is 12.1. The van der Waals surface area contributed by atoms with Crippen molar-refractivity contribution in [3.05, 3.63) is 12.4 Å². The Morgan fingerprint density at radius 3 is 2.59 bits per heavy atom. The lowest BCUT2D eigenvalue weighted by Gasteiger charge is -2.34. The van der Waals surface area contributed by atoms with Gasteiger partial charge in [0, 0.05) is 45.5 Å². The van der Waals surface area contributed by atoms with Gasteiger partial charge in [0.2, 0.25) is 5.91 Å². The highest BCUT2D eigenvalue weighted by Gasteiger charge is 2.26. The van der Waals surface area contributed by atoms with Crippen LogP contribution in [0.2, 0.25) is 0 Å². The van der Waals surface area contributed by atoms with Crippen molar-refractivity contribution in [1.82, 2.24) is 24.9 Å². The van der Waals surface area contributed by atoms with E-state index in [9.17, 15) is 9.59 Å². The Kier molecular flexibility index (Phi) is 4.28. The fourth-order valence-corrected chi connectivity index (χ4v) is 2.50. The Bertz CT molecular complexity index is 545. The summed E-state index contributed by atoms with van der Waals surface area (Å²) in [6.07, 6.45) is 5.59. The number of piperazine rings is 1. The zero-order valence-electron chi connectivity index (χ0n) is 12.8. The molecule has 0 aromatic carbocycles. The molecule has 0 unspecified atom stereocenters. The number of aryl methyl sites for hydroxylation is 1. The van der Waals surface area contributed by atoms with Crippen LogP contribution in [0.5, 0.6) is 0 Å². The van der Waals surface area contributed by atoms with Crippen molar-refractivity contribution in [3.8, 4) is 0 Å². The molecule has 0 radical (unpaired) electrons. The predicted molar refractivity (Wildman–Crippen MR) is 81.4 cm³/mol. The van der Waals surface area contributed by atoms with Crippen LogP contribution in [-0.4, -0.2) is 70.3 Å². The molecule has 0 atom stereocenters. The van der Waals surface area contributed by atoms with Gasteiger partial charge in [-0.25, -0.2) is 4.79 Å². The molecule has 3 rings (SSSR count). The van der Waals surface area contributed by atoms with Crippen LogP contribution in [0.1, 0.15) is 12.8 Å². The first kappa shape index (κ1) is 14.8. The maximum Gasteiger partial charge on any atom is 0.322 e. The molecular weight excluding hydrogens is 284 g/mol. The maximum absolute atomic E-state index is 12.1. The van der Waals surface area contributed by atoms with E-state index >= 15 is 0 Å². The second-order valence-electron chi connectivity index (χ2n) is 5.94. The number of nitrogens with one attached hydrogen (secondary N) is 2. The molecule has 3 amide bonds. The van der Waals surface area contributed by atoms with Crippen LogP contribution in [0.25, 0.3) is 0 Å². The SMILES string of the molecule is Cn1cc(NC(=O)N2CCN(CC(=O)NC3CC3)CC2)cn1. The number of rotatable bonds is 4. The first-order chi connectivity index (χ1) is 10.6. The normalized spacial score (nSPS) is 19.0. The molecule has 1 aliphatic heterocycles. The number of amides is 3. The molecule has 120 valence electrons. The van der Waals surface area contributed by atoms with Gasteiger partial charge in [-0.3, -0.25) is 14.4 Å². The second kappa shape index (κ2) is 6.35. The lowest BCUT2D eigenvalue weighted by Crippen LogP contribution is -2.52. The lowest BCUT2D eigenvalue weighted by molar-refractivity contribution is -0.122. The third-order valence-electron chi connectivity index (χ3n) is 3.93. The van der Waals surface area contributed by atoms with E-state index in [1.54, 1.807) is 29.0 Å². The van der Waals surface area contributed by atoms with Gasteiger partial charge in [0.1, 0.15) is 0 Å². The highest BCUT2D eigenvalue weighted by atomic mass is 16.2. The second-order valence-corrected chi connectivity index (χ2v) is 5.94. The van der Waals surface area contributed by atoms with Gasteiger partial charge in [0.05, 0.1) is 18.4 Å². The summed E-state index contributed by atoms with van der Waals surface area (Å²) >= 11 is 0. The number of nitrogens with zero attached hydrogens (tertiary/aromatic N) is 4. The van der Waals surface area contributed by atoms with Crippen molar-refractivity contribution >= 4 is 17.6 Å². The summed E-state index contributed by atoms with van der Waals surface area (Å²) in [7, 11) is 1.81. The van der Waals surface area contributed by atoms with Gasteiger partial charge in [-0.2, -0.15) is 5.10 Å². The molecule has 8 nitrogen and oxygen atoms in total. The minimum Gasteiger partial charge on any atom is -0.352 e. The van der Waals surface area contributed by atoms with Crippen LogP contribution < -0.4 is 10.6 Å². The molecule has 0 bridgehead atoms. The first-order valence-electron chi connectivity index (χ1n) is 7.66. The molecule has 22 heavy (non-hydrogen) atoms. The van der Waals surface area contributed by atoms with E-state index in [2.05, 4.69) is 20.6 Å². The van der Waals surface area contributed by atoms with Crippen molar-refractivity contribution < 1.29 is 9.59 Å². The lowest BCUT2D eigenvalue weighted by atomic mass is 10.3. The van der Waals surface area contributed by atoms with Crippen molar-refractivity contribution in [3.63, 3.8) is 0 Å². The molecule has 1 saturated heterocycles. The summed E-state index contributed by atoms with van der Waals surface area (Å²) in [5.41, 5.74) is 0.693. The van der Waals surface area contributed by atoms with E-state index in [4.69, 9.17) is 0 Å². The van der Waals surface area contributed by atoms with E-state index in [0.29, 0.717) is 31.4 Å². The zero-order valence-corrected chi connectivity index (χ0v) is 12.8. The van der Waals surface area contributed by atoms with E-state index in [-0.39, 0.29) is 11.9 Å². The van der Waals surface area contributed by atoms with Gasteiger partial charge in [-0.1, -0.05) is 0 Å². The number of urea groups is 1. The van der Waals surface area contributed by atoms with E-state index in [1.165, 1.54) is 0 Å². The van der Waals surface area contributed by atoms with Crippen molar-refractivity contribution in [2.75, 3.05) is 38.0 Å². The van der Waals surface area contributed by atoms with Gasteiger partial charge < -0.3 is 15.5 Å². The highest BCUT2D eigenvalue weighted by Crippen LogP contribution is 2.18. The largest absolute Gasteiger partial charge is 0.352 e. The van der Waals surface area contributed by atoms with Crippen molar-refractivity contribution in [2.24, 2.45) is 7.05 Å². The van der Waals surface area contributed by atoms with E-state index < -0.39 is 0 Å². The molecule has 2 fully saturated rings. The van der Waals surface area contributed by atoms with Gasteiger partial charge in [0.25, 0.3) is 0 Å². The molecule has 8 heteroatoms. The Labute approximate surface area is 129 Å². The number of hydrogen-bond acceptors (Lipinski definition) is 4.